The van der Waals surface area contributed by atoms with E-state index >= 15 is 0 Å². The van der Waals surface area contributed by atoms with Crippen molar-refractivity contribution in [2.24, 2.45) is 0 Å². The summed E-state index contributed by atoms with van der Waals surface area (Å²) in [6.07, 6.45) is 3.55. The van der Waals surface area contributed by atoms with Crippen LogP contribution in [-0.2, 0) is 16.1 Å². The number of benzene rings is 1. The van der Waals surface area contributed by atoms with E-state index in [0.717, 1.165) is 17.8 Å². The van der Waals surface area contributed by atoms with Crippen LogP contribution in [0.15, 0.2) is 36.9 Å². The molecular formula is C15H21Cl2N5O2. The zero-order valence-corrected chi connectivity index (χ0v) is 14.7. The van der Waals surface area contributed by atoms with Gasteiger partial charge in [-0.3, -0.25) is 4.79 Å². The number of para-hydroxylation sites is 1. The average molecular weight is 374 g/mol. The summed E-state index contributed by atoms with van der Waals surface area (Å²) in [5, 5.41) is 10.3. The fourth-order valence-electron chi connectivity index (χ4n) is 2.44. The van der Waals surface area contributed by atoms with Crippen LogP contribution in [-0.4, -0.2) is 46.5 Å². The molecule has 0 bridgehead atoms. The van der Waals surface area contributed by atoms with Gasteiger partial charge in [0.2, 0.25) is 5.91 Å². The van der Waals surface area contributed by atoms with Gasteiger partial charge in [-0.15, -0.1) is 24.8 Å². The smallest absolute Gasteiger partial charge is 0.226 e. The summed E-state index contributed by atoms with van der Waals surface area (Å²) in [6, 6.07) is 7.80. The van der Waals surface area contributed by atoms with Gasteiger partial charge in [0.25, 0.3) is 0 Å². The molecule has 2 heterocycles. The largest absolute Gasteiger partial charge is 0.378 e. The Bertz CT molecular complexity index is 618. The molecule has 1 atom stereocenters. The summed E-state index contributed by atoms with van der Waals surface area (Å²) in [5.74, 6) is -0.0194. The summed E-state index contributed by atoms with van der Waals surface area (Å²) < 4.78 is 7.09. The molecule has 24 heavy (non-hydrogen) atoms. The Morgan fingerprint density at radius 1 is 1.38 bits per heavy atom. The van der Waals surface area contributed by atoms with Crippen molar-refractivity contribution in [2.45, 2.75) is 19.0 Å². The molecule has 1 fully saturated rings. The number of rotatable bonds is 5. The third-order valence-electron chi connectivity index (χ3n) is 3.52. The molecule has 1 aromatic carbocycles. The van der Waals surface area contributed by atoms with Crippen LogP contribution in [0.25, 0.3) is 0 Å². The van der Waals surface area contributed by atoms with Gasteiger partial charge in [0.05, 0.1) is 19.8 Å². The summed E-state index contributed by atoms with van der Waals surface area (Å²) in [5.41, 5.74) is 1.80. The predicted molar refractivity (Wildman–Crippen MR) is 95.9 cm³/mol. The molecule has 2 aromatic rings. The Morgan fingerprint density at radius 3 is 2.92 bits per heavy atom. The average Bonchev–Trinajstić information content (AvgIpc) is 3.03. The van der Waals surface area contributed by atoms with Crippen molar-refractivity contribution in [1.82, 2.24) is 20.1 Å². The first-order valence-electron chi connectivity index (χ1n) is 7.32. The highest BCUT2D eigenvalue weighted by Gasteiger charge is 2.17. The number of carbonyl (C=O) groups excluding carboxylic acids is 1. The second-order valence-corrected chi connectivity index (χ2v) is 5.23. The first-order chi connectivity index (χ1) is 10.8. The van der Waals surface area contributed by atoms with Crippen molar-refractivity contribution in [3.63, 3.8) is 0 Å². The van der Waals surface area contributed by atoms with E-state index in [1.807, 2.05) is 24.3 Å². The van der Waals surface area contributed by atoms with Gasteiger partial charge in [0.1, 0.15) is 12.7 Å². The molecule has 0 spiro atoms. The Balaban J connectivity index is 0.00000144. The normalized spacial score (nSPS) is 16.6. The summed E-state index contributed by atoms with van der Waals surface area (Å²) in [7, 11) is 0. The molecule has 0 saturated carbocycles. The number of nitrogens with one attached hydrogen (secondary N) is 2. The van der Waals surface area contributed by atoms with Gasteiger partial charge >= 0.3 is 0 Å². The molecule has 0 radical (unpaired) electrons. The van der Waals surface area contributed by atoms with Crippen LogP contribution in [0.5, 0.6) is 0 Å². The first-order valence-corrected chi connectivity index (χ1v) is 7.32. The minimum Gasteiger partial charge on any atom is -0.378 e. The molecule has 7 nitrogen and oxygen atoms in total. The van der Waals surface area contributed by atoms with E-state index in [0.29, 0.717) is 26.2 Å². The number of amides is 1. The van der Waals surface area contributed by atoms with Crippen molar-refractivity contribution >= 4 is 36.4 Å². The number of hydrogen-bond donors (Lipinski definition) is 2. The molecule has 2 N–H and O–H groups in total. The lowest BCUT2D eigenvalue weighted by Gasteiger charge is -2.23. The molecule has 1 unspecified atom stereocenters. The van der Waals surface area contributed by atoms with Crippen LogP contribution in [0.4, 0.5) is 5.69 Å². The van der Waals surface area contributed by atoms with E-state index in [2.05, 4.69) is 20.7 Å². The highest BCUT2D eigenvalue weighted by atomic mass is 35.5. The van der Waals surface area contributed by atoms with Crippen LogP contribution in [0, 0.1) is 0 Å². The van der Waals surface area contributed by atoms with Crippen LogP contribution in [0.1, 0.15) is 12.0 Å². The fraction of sp³-hybridized carbons (Fsp3) is 0.400. The van der Waals surface area contributed by atoms with Crippen LogP contribution in [0.3, 0.4) is 0 Å². The zero-order valence-electron chi connectivity index (χ0n) is 13.1. The molecule has 9 heteroatoms. The lowest BCUT2D eigenvalue weighted by atomic mass is 10.1. The van der Waals surface area contributed by atoms with Gasteiger partial charge in [-0.2, -0.15) is 5.10 Å². The summed E-state index contributed by atoms with van der Waals surface area (Å²) >= 11 is 0. The zero-order chi connectivity index (χ0) is 15.2. The van der Waals surface area contributed by atoms with Gasteiger partial charge in [-0.1, -0.05) is 18.2 Å². The van der Waals surface area contributed by atoms with Gasteiger partial charge in [0.15, 0.2) is 0 Å². The molecule has 3 rings (SSSR count). The number of ether oxygens (including phenoxy) is 1. The predicted octanol–water partition coefficient (Wildman–Crippen LogP) is 1.49. The van der Waals surface area contributed by atoms with Gasteiger partial charge in [-0.05, 0) is 11.6 Å². The molecule has 1 saturated heterocycles. The minimum atomic E-state index is -0.0194. The van der Waals surface area contributed by atoms with Crippen LogP contribution >= 0.6 is 24.8 Å². The number of aromatic nitrogens is 3. The van der Waals surface area contributed by atoms with Crippen molar-refractivity contribution in [3.8, 4) is 0 Å². The molecule has 0 aliphatic carbocycles. The van der Waals surface area contributed by atoms with E-state index < -0.39 is 0 Å². The molecule has 1 aliphatic heterocycles. The van der Waals surface area contributed by atoms with Crippen molar-refractivity contribution in [1.29, 1.82) is 0 Å². The van der Waals surface area contributed by atoms with Gasteiger partial charge in [-0.25, -0.2) is 9.67 Å². The molecular weight excluding hydrogens is 353 g/mol. The minimum absolute atomic E-state index is 0. The monoisotopic (exact) mass is 373 g/mol. The fourth-order valence-corrected chi connectivity index (χ4v) is 2.44. The Hall–Kier alpha value is -1.67. The highest BCUT2D eigenvalue weighted by Crippen LogP contribution is 2.16. The maximum atomic E-state index is 12.2. The number of carbonyl (C=O) groups is 1. The second-order valence-electron chi connectivity index (χ2n) is 5.23. The maximum absolute atomic E-state index is 12.2. The van der Waals surface area contributed by atoms with Crippen molar-refractivity contribution in [3.05, 3.63) is 42.5 Å². The quantitative estimate of drug-likeness (QED) is 0.829. The second kappa shape index (κ2) is 10.2. The molecule has 1 aromatic heterocycles. The number of morpholine rings is 1. The van der Waals surface area contributed by atoms with Crippen LogP contribution < -0.4 is 10.6 Å². The summed E-state index contributed by atoms with van der Waals surface area (Å²) in [6.45, 7) is 2.65. The highest BCUT2D eigenvalue weighted by molar-refractivity contribution is 5.91. The van der Waals surface area contributed by atoms with Crippen molar-refractivity contribution in [2.75, 3.05) is 25.1 Å². The van der Waals surface area contributed by atoms with Gasteiger partial charge in [0, 0.05) is 24.7 Å². The number of nitrogens with zero attached hydrogens (tertiary/aromatic N) is 3. The third-order valence-corrected chi connectivity index (χ3v) is 3.52. The lowest BCUT2D eigenvalue weighted by Crippen LogP contribution is -2.43. The van der Waals surface area contributed by atoms with E-state index in [4.69, 9.17) is 4.74 Å². The summed E-state index contributed by atoms with van der Waals surface area (Å²) in [4.78, 5) is 16.1. The van der Waals surface area contributed by atoms with E-state index in [1.165, 1.54) is 6.33 Å². The Labute approximate surface area is 153 Å². The standard InChI is InChI=1S/C15H19N5O2.2ClH/c21-15(7-13-9-22-6-5-17-13)19-14-4-2-1-3-12(14)8-20-11-16-10-18-20;;/h1-4,10-11,13,17H,5-9H2,(H,19,21);2*1H. The van der Waals surface area contributed by atoms with Crippen LogP contribution in [0.2, 0.25) is 0 Å². The Kier molecular flexibility index (Phi) is 8.70. The number of anilines is 1. The number of halogens is 2. The van der Waals surface area contributed by atoms with Crippen molar-refractivity contribution < 1.29 is 9.53 Å². The third kappa shape index (κ3) is 5.76. The lowest BCUT2D eigenvalue weighted by molar-refractivity contribution is -0.117. The van der Waals surface area contributed by atoms with E-state index in [9.17, 15) is 4.79 Å². The van der Waals surface area contributed by atoms with E-state index in [-0.39, 0.29) is 36.8 Å². The number of hydrogen-bond acceptors (Lipinski definition) is 5. The topological polar surface area (TPSA) is 81.1 Å². The maximum Gasteiger partial charge on any atom is 0.226 e. The first kappa shape index (κ1) is 20.4. The molecule has 1 aliphatic rings. The molecule has 1 amide bonds. The van der Waals surface area contributed by atoms with E-state index in [1.54, 1.807) is 11.0 Å². The Morgan fingerprint density at radius 2 is 2.21 bits per heavy atom. The van der Waals surface area contributed by atoms with Gasteiger partial charge < -0.3 is 15.4 Å². The molecule has 132 valence electrons. The SMILES string of the molecule is Cl.Cl.O=C(CC1COCCN1)Nc1ccccc1Cn1cncn1.